The van der Waals surface area contributed by atoms with Crippen LogP contribution >= 0.6 is 0 Å². The van der Waals surface area contributed by atoms with Crippen molar-refractivity contribution in [2.75, 3.05) is 24.9 Å². The van der Waals surface area contributed by atoms with Gasteiger partial charge in [-0.25, -0.2) is 0 Å². The van der Waals surface area contributed by atoms with Crippen molar-refractivity contribution in [2.45, 2.75) is 20.3 Å². The van der Waals surface area contributed by atoms with Crippen LogP contribution in [0.15, 0.2) is 36.4 Å². The molecule has 6 heteroatoms. The molecular weight excluding hydrogens is 344 g/mol. The van der Waals surface area contributed by atoms with Gasteiger partial charge in [0.1, 0.15) is 0 Å². The Kier molecular flexibility index (Phi) is 5.35. The molecule has 3 rings (SSSR count). The van der Waals surface area contributed by atoms with Crippen LogP contribution in [0.4, 0.5) is 11.4 Å². The summed E-state index contributed by atoms with van der Waals surface area (Å²) >= 11 is 0. The van der Waals surface area contributed by atoms with E-state index in [0.29, 0.717) is 23.6 Å². The first-order valence-corrected chi connectivity index (χ1v) is 8.84. The van der Waals surface area contributed by atoms with Crippen LogP contribution in [0.2, 0.25) is 0 Å². The zero-order chi connectivity index (χ0) is 19.6. The molecule has 1 aliphatic carbocycles. The van der Waals surface area contributed by atoms with E-state index in [9.17, 15) is 9.59 Å². The number of rotatable bonds is 6. The van der Waals surface area contributed by atoms with Gasteiger partial charge in [0.15, 0.2) is 11.5 Å². The number of carbonyl (C=O) groups is 2. The van der Waals surface area contributed by atoms with Crippen LogP contribution in [0.5, 0.6) is 11.5 Å². The average molecular weight is 368 g/mol. The summed E-state index contributed by atoms with van der Waals surface area (Å²) in [5.74, 6) is 0.235. The zero-order valence-electron chi connectivity index (χ0n) is 16.0. The maximum Gasteiger partial charge on any atom is 0.228 e. The molecule has 0 aromatic heterocycles. The van der Waals surface area contributed by atoms with Crippen molar-refractivity contribution in [3.63, 3.8) is 0 Å². The largest absolute Gasteiger partial charge is 0.493 e. The summed E-state index contributed by atoms with van der Waals surface area (Å²) in [4.78, 5) is 25.0. The Morgan fingerprint density at radius 2 is 1.48 bits per heavy atom. The standard InChI is InChI=1S/C21H24N2O4/c1-12-6-5-7-13(2)19(12)23-21(25)16-11-15(16)20(24)22-14-8-9-17(26-3)18(10-14)27-4/h5-10,15-16H,11H2,1-4H3,(H,22,24)(H,23,25). The monoisotopic (exact) mass is 368 g/mol. The van der Waals surface area contributed by atoms with Crippen LogP contribution in [-0.4, -0.2) is 26.0 Å². The second-order valence-corrected chi connectivity index (χ2v) is 6.76. The van der Waals surface area contributed by atoms with Gasteiger partial charge in [0.25, 0.3) is 0 Å². The second-order valence-electron chi connectivity index (χ2n) is 6.76. The van der Waals surface area contributed by atoms with Gasteiger partial charge >= 0.3 is 0 Å². The number of amides is 2. The highest BCUT2D eigenvalue weighted by atomic mass is 16.5. The Balaban J connectivity index is 1.61. The molecule has 0 radical (unpaired) electrons. The third kappa shape index (κ3) is 4.05. The molecule has 0 spiro atoms. The van der Waals surface area contributed by atoms with Gasteiger partial charge in [-0.2, -0.15) is 0 Å². The van der Waals surface area contributed by atoms with Crippen LogP contribution in [-0.2, 0) is 9.59 Å². The topological polar surface area (TPSA) is 76.7 Å². The molecule has 0 heterocycles. The molecule has 2 aromatic rings. The van der Waals surface area contributed by atoms with Crippen molar-refractivity contribution in [2.24, 2.45) is 11.8 Å². The lowest BCUT2D eigenvalue weighted by Gasteiger charge is -2.12. The van der Waals surface area contributed by atoms with Crippen molar-refractivity contribution < 1.29 is 19.1 Å². The lowest BCUT2D eigenvalue weighted by Crippen LogP contribution is -2.21. The minimum absolute atomic E-state index is 0.111. The molecule has 0 saturated heterocycles. The Bertz CT molecular complexity index is 858. The van der Waals surface area contributed by atoms with Gasteiger partial charge in [-0.15, -0.1) is 0 Å². The van der Waals surface area contributed by atoms with Gasteiger partial charge in [-0.1, -0.05) is 18.2 Å². The highest BCUT2D eigenvalue weighted by Gasteiger charge is 2.48. The van der Waals surface area contributed by atoms with Gasteiger partial charge < -0.3 is 20.1 Å². The van der Waals surface area contributed by atoms with E-state index in [0.717, 1.165) is 16.8 Å². The lowest BCUT2D eigenvalue weighted by molar-refractivity contribution is -0.122. The first-order valence-electron chi connectivity index (χ1n) is 8.84. The molecule has 2 amide bonds. The van der Waals surface area contributed by atoms with Crippen molar-refractivity contribution in [1.82, 2.24) is 0 Å². The molecule has 2 atom stereocenters. The minimum atomic E-state index is -0.317. The molecule has 142 valence electrons. The predicted molar refractivity (Wildman–Crippen MR) is 104 cm³/mol. The highest BCUT2D eigenvalue weighted by molar-refractivity contribution is 6.03. The number of hydrogen-bond acceptors (Lipinski definition) is 4. The molecule has 1 saturated carbocycles. The molecule has 27 heavy (non-hydrogen) atoms. The molecule has 2 N–H and O–H groups in total. The van der Waals surface area contributed by atoms with Crippen LogP contribution in [0, 0.1) is 25.7 Å². The Hall–Kier alpha value is -3.02. The van der Waals surface area contributed by atoms with E-state index in [1.807, 2.05) is 32.0 Å². The molecular formula is C21H24N2O4. The van der Waals surface area contributed by atoms with Crippen LogP contribution in [0.3, 0.4) is 0 Å². The van der Waals surface area contributed by atoms with E-state index in [1.54, 1.807) is 25.3 Å². The van der Waals surface area contributed by atoms with Crippen molar-refractivity contribution >= 4 is 23.2 Å². The molecule has 2 aromatic carbocycles. The molecule has 2 unspecified atom stereocenters. The van der Waals surface area contributed by atoms with Crippen LogP contribution in [0.1, 0.15) is 17.5 Å². The molecule has 1 fully saturated rings. The number of benzene rings is 2. The number of anilines is 2. The molecule has 6 nitrogen and oxygen atoms in total. The first-order chi connectivity index (χ1) is 12.9. The van der Waals surface area contributed by atoms with Gasteiger partial charge in [0, 0.05) is 17.4 Å². The number of nitrogens with one attached hydrogen (secondary N) is 2. The Morgan fingerprint density at radius 3 is 2.07 bits per heavy atom. The second kappa shape index (κ2) is 7.70. The Morgan fingerprint density at radius 1 is 0.889 bits per heavy atom. The van der Waals surface area contributed by atoms with Crippen LogP contribution < -0.4 is 20.1 Å². The lowest BCUT2D eigenvalue weighted by atomic mass is 10.1. The third-order valence-electron chi connectivity index (χ3n) is 4.84. The third-order valence-corrected chi connectivity index (χ3v) is 4.84. The van der Waals surface area contributed by atoms with Crippen molar-refractivity contribution in [1.29, 1.82) is 0 Å². The fourth-order valence-corrected chi connectivity index (χ4v) is 3.15. The maximum atomic E-state index is 12.5. The number of aryl methyl sites for hydroxylation is 2. The summed E-state index contributed by atoms with van der Waals surface area (Å²) in [6.45, 7) is 3.91. The van der Waals surface area contributed by atoms with Crippen molar-refractivity contribution in [3.05, 3.63) is 47.5 Å². The average Bonchev–Trinajstić information content (AvgIpc) is 3.45. The maximum absolute atomic E-state index is 12.5. The molecule has 1 aliphatic rings. The number of carbonyl (C=O) groups excluding carboxylic acids is 2. The van der Waals surface area contributed by atoms with Gasteiger partial charge in [0.2, 0.25) is 11.8 Å². The first kappa shape index (κ1) is 18.8. The van der Waals surface area contributed by atoms with E-state index in [-0.39, 0.29) is 23.7 Å². The molecule has 0 bridgehead atoms. The summed E-state index contributed by atoms with van der Waals surface area (Å²) in [7, 11) is 3.10. The van der Waals surface area contributed by atoms with Crippen molar-refractivity contribution in [3.8, 4) is 11.5 Å². The fourth-order valence-electron chi connectivity index (χ4n) is 3.15. The fraction of sp³-hybridized carbons (Fsp3) is 0.333. The smallest absolute Gasteiger partial charge is 0.228 e. The molecule has 0 aliphatic heterocycles. The SMILES string of the molecule is COc1ccc(NC(=O)C2CC2C(=O)Nc2c(C)cccc2C)cc1OC. The number of para-hydroxylation sites is 1. The summed E-state index contributed by atoms with van der Waals surface area (Å²) in [6, 6.07) is 11.0. The van der Waals surface area contributed by atoms with E-state index >= 15 is 0 Å². The van der Waals surface area contributed by atoms with Gasteiger partial charge in [-0.3, -0.25) is 9.59 Å². The highest BCUT2D eigenvalue weighted by Crippen LogP contribution is 2.41. The normalized spacial score (nSPS) is 17.8. The minimum Gasteiger partial charge on any atom is -0.493 e. The summed E-state index contributed by atoms with van der Waals surface area (Å²) in [5, 5.41) is 5.81. The quantitative estimate of drug-likeness (QED) is 0.818. The van der Waals surface area contributed by atoms with Crippen LogP contribution in [0.25, 0.3) is 0 Å². The number of hydrogen-bond donors (Lipinski definition) is 2. The number of methoxy groups -OCH3 is 2. The predicted octanol–water partition coefficient (Wildman–Crippen LogP) is 3.53. The van der Waals surface area contributed by atoms with E-state index in [1.165, 1.54) is 7.11 Å². The summed E-state index contributed by atoms with van der Waals surface area (Å²) in [6.07, 6.45) is 0.551. The summed E-state index contributed by atoms with van der Waals surface area (Å²) < 4.78 is 10.4. The van der Waals surface area contributed by atoms with E-state index in [2.05, 4.69) is 10.6 Å². The van der Waals surface area contributed by atoms with Gasteiger partial charge in [0.05, 0.1) is 26.1 Å². The Labute approximate surface area is 158 Å². The van der Waals surface area contributed by atoms with E-state index in [4.69, 9.17) is 9.47 Å². The summed E-state index contributed by atoms with van der Waals surface area (Å²) in [5.41, 5.74) is 3.46. The van der Waals surface area contributed by atoms with Gasteiger partial charge in [-0.05, 0) is 43.5 Å². The number of ether oxygens (including phenoxy) is 2. The zero-order valence-corrected chi connectivity index (χ0v) is 16.0. The van der Waals surface area contributed by atoms with E-state index < -0.39 is 0 Å².